The third kappa shape index (κ3) is 3.00. The lowest BCUT2D eigenvalue weighted by Crippen LogP contribution is -2.53. The normalized spacial score (nSPS) is 35.8. The van der Waals surface area contributed by atoms with Gasteiger partial charge in [0.05, 0.1) is 6.07 Å². The molecule has 0 unspecified atom stereocenters. The predicted molar refractivity (Wildman–Crippen MR) is 66.3 cm³/mol. The summed E-state index contributed by atoms with van der Waals surface area (Å²) in [5.41, 5.74) is 0.191. The van der Waals surface area contributed by atoms with Crippen LogP contribution in [-0.2, 0) is 0 Å². The second-order valence-corrected chi connectivity index (χ2v) is 6.09. The molecule has 0 aliphatic heterocycles. The Kier molecular flexibility index (Phi) is 3.91. The van der Waals surface area contributed by atoms with E-state index in [0.717, 1.165) is 32.1 Å². The van der Waals surface area contributed by atoms with Crippen molar-refractivity contribution in [1.82, 2.24) is 5.32 Å². The van der Waals surface area contributed by atoms with Gasteiger partial charge >= 0.3 is 0 Å². The van der Waals surface area contributed by atoms with Gasteiger partial charge in [-0.3, -0.25) is 0 Å². The Labute approximate surface area is 108 Å². The van der Waals surface area contributed by atoms with E-state index >= 15 is 0 Å². The topological polar surface area (TPSA) is 35.8 Å². The van der Waals surface area contributed by atoms with Crippen LogP contribution in [0.15, 0.2) is 0 Å². The summed E-state index contributed by atoms with van der Waals surface area (Å²) in [5, 5.41) is 12.2. The van der Waals surface area contributed by atoms with E-state index in [1.165, 1.54) is 0 Å². The molecular weight excluding hydrogens is 234 g/mol. The van der Waals surface area contributed by atoms with Gasteiger partial charge in [-0.1, -0.05) is 6.92 Å². The monoisotopic (exact) mass is 256 g/mol. The second kappa shape index (κ2) is 5.13. The second-order valence-electron chi connectivity index (χ2n) is 6.09. The lowest BCUT2D eigenvalue weighted by atomic mass is 9.69. The van der Waals surface area contributed by atoms with Crippen LogP contribution in [-0.4, -0.2) is 18.0 Å². The van der Waals surface area contributed by atoms with E-state index in [1.54, 1.807) is 0 Å². The number of rotatable bonds is 4. The fourth-order valence-electron chi connectivity index (χ4n) is 3.33. The summed E-state index contributed by atoms with van der Waals surface area (Å²) >= 11 is 0. The van der Waals surface area contributed by atoms with E-state index in [-0.39, 0.29) is 24.3 Å². The molecule has 0 spiro atoms. The Balaban J connectivity index is 1.75. The average molecular weight is 256 g/mol. The van der Waals surface area contributed by atoms with Crippen molar-refractivity contribution >= 4 is 0 Å². The summed E-state index contributed by atoms with van der Waals surface area (Å²) in [7, 11) is 0. The minimum absolute atomic E-state index is 0.000611. The summed E-state index contributed by atoms with van der Waals surface area (Å²) < 4.78 is 25.5. The largest absolute Gasteiger partial charge is 0.311 e. The fraction of sp³-hybridized carbons (Fsp3) is 0.929. The molecule has 102 valence electrons. The molecule has 0 aromatic rings. The van der Waals surface area contributed by atoms with E-state index in [4.69, 9.17) is 5.26 Å². The van der Waals surface area contributed by atoms with Gasteiger partial charge in [0.25, 0.3) is 5.92 Å². The number of alkyl halides is 2. The van der Waals surface area contributed by atoms with E-state index < -0.39 is 5.92 Å². The standard InChI is InChI=1S/C14H22F2N2/c1-2-13(7-8-17)5-3-11(4-6-13)18-12-9-14(15,16)10-12/h11-12,18H,2-7,9-10H2,1H3/t11-,13+. The molecule has 0 bridgehead atoms. The number of hydrogen-bond donors (Lipinski definition) is 1. The van der Waals surface area contributed by atoms with Gasteiger partial charge in [0, 0.05) is 31.3 Å². The molecular formula is C14H22F2N2. The minimum Gasteiger partial charge on any atom is -0.311 e. The number of nitriles is 1. The Hall–Kier alpha value is -0.690. The van der Waals surface area contributed by atoms with Crippen LogP contribution < -0.4 is 5.32 Å². The molecule has 0 atom stereocenters. The van der Waals surface area contributed by atoms with Gasteiger partial charge < -0.3 is 5.32 Å². The first-order chi connectivity index (χ1) is 8.49. The van der Waals surface area contributed by atoms with Crippen LogP contribution in [0, 0.1) is 16.7 Å². The molecule has 1 N–H and O–H groups in total. The van der Waals surface area contributed by atoms with Gasteiger partial charge in [0.15, 0.2) is 0 Å². The molecule has 18 heavy (non-hydrogen) atoms. The van der Waals surface area contributed by atoms with Crippen molar-refractivity contribution in [1.29, 1.82) is 5.26 Å². The van der Waals surface area contributed by atoms with E-state index in [2.05, 4.69) is 18.3 Å². The van der Waals surface area contributed by atoms with Crippen LogP contribution in [0.3, 0.4) is 0 Å². The van der Waals surface area contributed by atoms with Crippen LogP contribution in [0.25, 0.3) is 0 Å². The molecule has 2 fully saturated rings. The van der Waals surface area contributed by atoms with Crippen molar-refractivity contribution in [2.24, 2.45) is 5.41 Å². The number of hydrogen-bond acceptors (Lipinski definition) is 2. The highest BCUT2D eigenvalue weighted by atomic mass is 19.3. The maximum Gasteiger partial charge on any atom is 0.251 e. The Morgan fingerprint density at radius 1 is 1.22 bits per heavy atom. The molecule has 2 saturated carbocycles. The SMILES string of the molecule is CC[C@]1(CC#N)CC[C@@H](NC2CC(F)(F)C2)CC1. The van der Waals surface area contributed by atoms with Gasteiger partial charge in [-0.05, 0) is 37.5 Å². The summed E-state index contributed by atoms with van der Waals surface area (Å²) in [6, 6.07) is 2.69. The maximum absolute atomic E-state index is 12.7. The summed E-state index contributed by atoms with van der Waals surface area (Å²) in [4.78, 5) is 0. The maximum atomic E-state index is 12.7. The molecule has 2 aliphatic rings. The first kappa shape index (κ1) is 13.7. The molecule has 0 radical (unpaired) electrons. The molecule has 4 heteroatoms. The van der Waals surface area contributed by atoms with Crippen molar-refractivity contribution in [3.8, 4) is 6.07 Å². The zero-order chi connectivity index (χ0) is 13.2. The molecule has 2 nitrogen and oxygen atoms in total. The van der Waals surface area contributed by atoms with Crippen LogP contribution in [0.5, 0.6) is 0 Å². The predicted octanol–water partition coefficient (Wildman–Crippen LogP) is 3.63. The third-order valence-corrected chi connectivity index (χ3v) is 4.81. The van der Waals surface area contributed by atoms with Crippen molar-refractivity contribution in [3.05, 3.63) is 0 Å². The van der Waals surface area contributed by atoms with Crippen molar-refractivity contribution in [2.45, 2.75) is 76.3 Å². The summed E-state index contributed by atoms with van der Waals surface area (Å²) in [6.07, 6.45) is 5.85. The van der Waals surface area contributed by atoms with Crippen molar-refractivity contribution in [3.63, 3.8) is 0 Å². The zero-order valence-corrected chi connectivity index (χ0v) is 11.0. The Morgan fingerprint density at radius 3 is 2.28 bits per heavy atom. The number of nitrogens with zero attached hydrogens (tertiary/aromatic N) is 1. The van der Waals surface area contributed by atoms with Gasteiger partial charge in [-0.25, -0.2) is 8.78 Å². The lowest BCUT2D eigenvalue weighted by molar-refractivity contribution is -0.0961. The Morgan fingerprint density at radius 2 is 1.83 bits per heavy atom. The fourth-order valence-corrected chi connectivity index (χ4v) is 3.33. The molecule has 0 aromatic heterocycles. The molecule has 0 heterocycles. The Bertz CT molecular complexity index is 319. The molecule has 0 aromatic carbocycles. The summed E-state index contributed by atoms with van der Waals surface area (Å²) in [5.74, 6) is -2.43. The number of halogens is 2. The summed E-state index contributed by atoms with van der Waals surface area (Å²) in [6.45, 7) is 2.15. The van der Waals surface area contributed by atoms with E-state index in [1.807, 2.05) is 0 Å². The van der Waals surface area contributed by atoms with Gasteiger partial charge in [0.2, 0.25) is 0 Å². The van der Waals surface area contributed by atoms with Gasteiger partial charge in [-0.2, -0.15) is 5.26 Å². The first-order valence-electron chi connectivity index (χ1n) is 6.99. The van der Waals surface area contributed by atoms with Crippen molar-refractivity contribution in [2.75, 3.05) is 0 Å². The quantitative estimate of drug-likeness (QED) is 0.833. The molecule has 2 rings (SSSR count). The molecule has 0 amide bonds. The third-order valence-electron chi connectivity index (χ3n) is 4.81. The first-order valence-corrected chi connectivity index (χ1v) is 6.99. The van der Waals surface area contributed by atoms with Crippen LogP contribution in [0.4, 0.5) is 8.78 Å². The van der Waals surface area contributed by atoms with E-state index in [0.29, 0.717) is 12.5 Å². The van der Waals surface area contributed by atoms with Crippen LogP contribution >= 0.6 is 0 Å². The molecule has 2 aliphatic carbocycles. The van der Waals surface area contributed by atoms with Crippen LogP contribution in [0.1, 0.15) is 58.3 Å². The number of nitrogens with one attached hydrogen (secondary N) is 1. The van der Waals surface area contributed by atoms with Gasteiger partial charge in [-0.15, -0.1) is 0 Å². The van der Waals surface area contributed by atoms with Crippen molar-refractivity contribution < 1.29 is 8.78 Å². The highest BCUT2D eigenvalue weighted by Gasteiger charge is 2.46. The van der Waals surface area contributed by atoms with Gasteiger partial charge in [0.1, 0.15) is 0 Å². The highest BCUT2D eigenvalue weighted by molar-refractivity contribution is 4.97. The highest BCUT2D eigenvalue weighted by Crippen LogP contribution is 2.43. The van der Waals surface area contributed by atoms with Crippen LogP contribution in [0.2, 0.25) is 0 Å². The lowest BCUT2D eigenvalue weighted by Gasteiger charge is -2.43. The molecule has 0 saturated heterocycles. The van der Waals surface area contributed by atoms with E-state index in [9.17, 15) is 8.78 Å². The minimum atomic E-state index is -2.43. The smallest absolute Gasteiger partial charge is 0.251 e. The zero-order valence-electron chi connectivity index (χ0n) is 11.0. The average Bonchev–Trinajstić information content (AvgIpc) is 2.30.